The summed E-state index contributed by atoms with van der Waals surface area (Å²) in [6.45, 7) is 4.37. The van der Waals surface area contributed by atoms with Crippen molar-refractivity contribution in [2.75, 3.05) is 13.1 Å². The van der Waals surface area contributed by atoms with E-state index >= 15 is 0 Å². The highest BCUT2D eigenvalue weighted by atomic mass is 35.5. The number of imidazole rings is 1. The number of carbonyl (C=O) groups is 1. The maximum atomic E-state index is 12.5. The molecule has 0 aliphatic heterocycles. The van der Waals surface area contributed by atoms with Crippen molar-refractivity contribution in [2.45, 2.75) is 38.8 Å². The number of hydrogen-bond acceptors (Lipinski definition) is 3. The normalized spacial score (nSPS) is 14.1. The molecule has 1 heterocycles. The quantitative estimate of drug-likeness (QED) is 0.743. The van der Waals surface area contributed by atoms with Gasteiger partial charge in [-0.3, -0.25) is 4.79 Å². The minimum atomic E-state index is -0.510. The fourth-order valence-corrected chi connectivity index (χ4v) is 2.93. The molecule has 1 amide bonds. The second-order valence-corrected chi connectivity index (χ2v) is 6.65. The molecule has 0 bridgehead atoms. The molecule has 0 saturated heterocycles. The Balaban J connectivity index is 0.00000169. The number of carbonyl (C=O) groups excluding carboxylic acids is 1. The van der Waals surface area contributed by atoms with Crippen LogP contribution in [0.1, 0.15) is 31.0 Å². The molecule has 1 aromatic heterocycles. The fraction of sp³-hybridized carbons (Fsp3) is 0.474. The van der Waals surface area contributed by atoms with Crippen molar-refractivity contribution in [3.05, 3.63) is 54.1 Å². The summed E-state index contributed by atoms with van der Waals surface area (Å²) in [4.78, 5) is 18.8. The first-order valence-electron chi connectivity index (χ1n) is 8.74. The largest absolute Gasteiger partial charge is 0.341 e. The third-order valence-corrected chi connectivity index (χ3v) is 4.51. The van der Waals surface area contributed by atoms with Crippen molar-refractivity contribution >= 4 is 30.7 Å². The Morgan fingerprint density at radius 3 is 2.62 bits per heavy atom. The molecular weight excluding hydrogens is 371 g/mol. The van der Waals surface area contributed by atoms with Gasteiger partial charge in [-0.25, -0.2) is 4.98 Å². The number of aromatic nitrogens is 2. The van der Waals surface area contributed by atoms with Crippen LogP contribution in [0.3, 0.4) is 0 Å². The molecule has 1 aliphatic carbocycles. The first-order valence-corrected chi connectivity index (χ1v) is 8.74. The molecule has 1 saturated carbocycles. The number of nitrogens with two attached hydrogens (primary N) is 1. The van der Waals surface area contributed by atoms with E-state index in [2.05, 4.69) is 17.1 Å². The van der Waals surface area contributed by atoms with Gasteiger partial charge in [-0.1, -0.05) is 30.3 Å². The highest BCUT2D eigenvalue weighted by Crippen LogP contribution is 2.29. The Kier molecular flexibility index (Phi) is 9.13. The lowest BCUT2D eigenvalue weighted by molar-refractivity contribution is -0.132. The molecule has 7 heteroatoms. The molecule has 5 nitrogen and oxygen atoms in total. The van der Waals surface area contributed by atoms with E-state index < -0.39 is 6.04 Å². The average Bonchev–Trinajstić information content (AvgIpc) is 3.32. The minimum Gasteiger partial charge on any atom is -0.341 e. The third kappa shape index (κ3) is 6.31. The monoisotopic (exact) mass is 398 g/mol. The first-order chi connectivity index (χ1) is 11.7. The summed E-state index contributed by atoms with van der Waals surface area (Å²) in [5.74, 6) is 0.730. The third-order valence-electron chi connectivity index (χ3n) is 4.51. The Hall–Kier alpha value is -1.56. The van der Waals surface area contributed by atoms with Crippen molar-refractivity contribution in [2.24, 2.45) is 11.7 Å². The summed E-state index contributed by atoms with van der Waals surface area (Å²) in [5, 5.41) is 0. The highest BCUT2D eigenvalue weighted by molar-refractivity contribution is 5.85. The second-order valence-electron chi connectivity index (χ2n) is 6.65. The van der Waals surface area contributed by atoms with E-state index in [-0.39, 0.29) is 30.7 Å². The fourth-order valence-electron chi connectivity index (χ4n) is 2.93. The van der Waals surface area contributed by atoms with Crippen LogP contribution in [0.4, 0.5) is 0 Å². The van der Waals surface area contributed by atoms with Crippen LogP contribution in [0.25, 0.3) is 0 Å². The number of halogens is 2. The van der Waals surface area contributed by atoms with Crippen LogP contribution in [0.2, 0.25) is 0 Å². The van der Waals surface area contributed by atoms with Gasteiger partial charge in [0.2, 0.25) is 5.91 Å². The lowest BCUT2D eigenvalue weighted by atomic mass is 10.1. The van der Waals surface area contributed by atoms with Crippen LogP contribution in [-0.4, -0.2) is 39.5 Å². The Labute approximate surface area is 167 Å². The zero-order valence-corrected chi connectivity index (χ0v) is 16.7. The van der Waals surface area contributed by atoms with Crippen molar-refractivity contribution in [3.8, 4) is 0 Å². The molecule has 0 unspecified atom stereocenters. The maximum Gasteiger partial charge on any atom is 0.239 e. The van der Waals surface area contributed by atoms with E-state index in [1.165, 1.54) is 18.4 Å². The van der Waals surface area contributed by atoms with E-state index in [0.717, 1.165) is 25.3 Å². The van der Waals surface area contributed by atoms with Gasteiger partial charge in [0, 0.05) is 32.3 Å². The molecule has 2 aromatic rings. The number of hydrogen-bond donors (Lipinski definition) is 1. The molecule has 26 heavy (non-hydrogen) atoms. The van der Waals surface area contributed by atoms with Crippen LogP contribution >= 0.6 is 24.8 Å². The summed E-state index contributed by atoms with van der Waals surface area (Å²) < 4.78 is 2.03. The van der Waals surface area contributed by atoms with Gasteiger partial charge in [-0.15, -0.1) is 24.8 Å². The van der Waals surface area contributed by atoms with Gasteiger partial charge in [-0.2, -0.15) is 0 Å². The van der Waals surface area contributed by atoms with Crippen LogP contribution in [-0.2, 0) is 17.8 Å². The summed E-state index contributed by atoms with van der Waals surface area (Å²) >= 11 is 0. The lowest BCUT2D eigenvalue weighted by Gasteiger charge is -2.24. The van der Waals surface area contributed by atoms with Crippen molar-refractivity contribution in [3.63, 3.8) is 0 Å². The summed E-state index contributed by atoms with van der Waals surface area (Å²) in [6.07, 6.45) is 6.76. The van der Waals surface area contributed by atoms with Gasteiger partial charge < -0.3 is 15.2 Å². The number of amides is 1. The SMILES string of the molecule is CCN(CC1CC1)C(=O)[C@@H](N)Cc1cn(Cc2ccccc2)cn1.Cl.Cl. The summed E-state index contributed by atoms with van der Waals surface area (Å²) in [7, 11) is 0. The van der Waals surface area contributed by atoms with Gasteiger partial charge in [-0.05, 0) is 31.2 Å². The van der Waals surface area contributed by atoms with E-state index in [4.69, 9.17) is 5.73 Å². The molecule has 1 aliphatic rings. The van der Waals surface area contributed by atoms with Crippen LogP contribution in [0, 0.1) is 5.92 Å². The zero-order valence-electron chi connectivity index (χ0n) is 15.1. The van der Waals surface area contributed by atoms with Gasteiger partial charge in [0.05, 0.1) is 18.1 Å². The van der Waals surface area contributed by atoms with Crippen LogP contribution in [0.15, 0.2) is 42.9 Å². The predicted molar refractivity (Wildman–Crippen MR) is 109 cm³/mol. The van der Waals surface area contributed by atoms with E-state index in [1.54, 1.807) is 6.33 Å². The number of nitrogens with zero attached hydrogens (tertiary/aromatic N) is 3. The highest BCUT2D eigenvalue weighted by Gasteiger charge is 2.28. The minimum absolute atomic E-state index is 0. The van der Waals surface area contributed by atoms with Gasteiger partial charge in [0.15, 0.2) is 0 Å². The smallest absolute Gasteiger partial charge is 0.239 e. The molecule has 1 fully saturated rings. The maximum absolute atomic E-state index is 12.5. The second kappa shape index (κ2) is 10.6. The predicted octanol–water partition coefficient (Wildman–Crippen LogP) is 2.90. The van der Waals surface area contributed by atoms with E-state index in [1.807, 2.05) is 40.8 Å². The Morgan fingerprint density at radius 1 is 1.31 bits per heavy atom. The van der Waals surface area contributed by atoms with E-state index in [9.17, 15) is 4.79 Å². The van der Waals surface area contributed by atoms with Crippen molar-refractivity contribution in [1.82, 2.24) is 14.5 Å². The Morgan fingerprint density at radius 2 is 2.00 bits per heavy atom. The number of benzene rings is 1. The van der Waals surface area contributed by atoms with E-state index in [0.29, 0.717) is 12.3 Å². The first kappa shape index (κ1) is 22.5. The number of likely N-dealkylation sites (N-methyl/N-ethyl adjacent to an activating group) is 1. The molecular formula is C19H28Cl2N4O. The number of rotatable bonds is 8. The molecule has 1 atom stereocenters. The standard InChI is InChI=1S/C19H26N4O.2ClH/c1-2-23(12-16-8-9-16)19(24)18(20)10-17-13-22(14-21-17)11-15-6-4-3-5-7-15;;/h3-7,13-14,16,18H,2,8-12,20H2,1H3;2*1H/t18-;;/m0../s1. The van der Waals surface area contributed by atoms with Crippen molar-refractivity contribution in [1.29, 1.82) is 0 Å². The van der Waals surface area contributed by atoms with Crippen LogP contribution < -0.4 is 5.73 Å². The molecule has 2 N–H and O–H groups in total. The molecule has 0 radical (unpaired) electrons. The molecule has 1 aromatic carbocycles. The summed E-state index contributed by atoms with van der Waals surface area (Å²) in [6, 6.07) is 9.73. The molecule has 0 spiro atoms. The zero-order chi connectivity index (χ0) is 16.9. The molecule has 144 valence electrons. The van der Waals surface area contributed by atoms with Crippen LogP contribution in [0.5, 0.6) is 0 Å². The van der Waals surface area contributed by atoms with Crippen molar-refractivity contribution < 1.29 is 4.79 Å². The summed E-state index contributed by atoms with van der Waals surface area (Å²) in [5.41, 5.74) is 8.24. The van der Waals surface area contributed by atoms with Gasteiger partial charge in [0.1, 0.15) is 0 Å². The molecule has 3 rings (SSSR count). The van der Waals surface area contributed by atoms with Gasteiger partial charge in [0.25, 0.3) is 0 Å². The average molecular weight is 399 g/mol. The Bertz CT molecular complexity index is 673. The lowest BCUT2D eigenvalue weighted by Crippen LogP contribution is -2.45. The topological polar surface area (TPSA) is 64.2 Å². The van der Waals surface area contributed by atoms with Gasteiger partial charge >= 0.3 is 0 Å².